The van der Waals surface area contributed by atoms with Crippen molar-refractivity contribution >= 4 is 26.0 Å². The smallest absolute Gasteiger partial charge is 0.309 e. The van der Waals surface area contributed by atoms with E-state index < -0.39 is 20.4 Å². The van der Waals surface area contributed by atoms with Gasteiger partial charge in [0.25, 0.3) is 0 Å². The molecule has 1 saturated carbocycles. The Morgan fingerprint density at radius 2 is 1.53 bits per heavy atom. The average molecular weight is 449 g/mol. The maximum atomic E-state index is 13.8. The Morgan fingerprint density at radius 3 is 2.00 bits per heavy atom. The van der Waals surface area contributed by atoms with E-state index in [0.717, 1.165) is 0 Å². The van der Waals surface area contributed by atoms with Gasteiger partial charge in [-0.05, 0) is 52.8 Å². The highest BCUT2D eigenvalue weighted by molar-refractivity contribution is 6.70. The van der Waals surface area contributed by atoms with Gasteiger partial charge in [0.2, 0.25) is 8.32 Å². The Kier molecular flexibility index (Phi) is 10.7. The van der Waals surface area contributed by atoms with Crippen LogP contribution in [0.1, 0.15) is 52.4 Å². The van der Waals surface area contributed by atoms with Crippen molar-refractivity contribution in [2.24, 2.45) is 11.8 Å². The lowest BCUT2D eigenvalue weighted by Gasteiger charge is -2.27. The number of hydrogen-bond donors (Lipinski definition) is 0. The van der Waals surface area contributed by atoms with Gasteiger partial charge in [-0.3, -0.25) is 14.4 Å². The van der Waals surface area contributed by atoms with E-state index in [0.29, 0.717) is 38.2 Å². The summed E-state index contributed by atoms with van der Waals surface area (Å²) in [7, 11) is -1.76. The van der Waals surface area contributed by atoms with Crippen molar-refractivity contribution in [3.8, 4) is 0 Å². The first-order valence-corrected chi connectivity index (χ1v) is 14.0. The second-order valence-corrected chi connectivity index (χ2v) is 12.8. The van der Waals surface area contributed by atoms with Gasteiger partial charge in [-0.1, -0.05) is 0 Å². The molecule has 0 saturated heterocycles. The molecule has 172 valence electrons. The lowest BCUT2D eigenvalue weighted by atomic mass is 9.87. The van der Waals surface area contributed by atoms with Gasteiger partial charge in [-0.15, -0.1) is 0 Å². The normalized spacial score (nSPS) is 24.5. The number of esters is 2. The highest BCUT2D eigenvalue weighted by Gasteiger charge is 2.33. The van der Waals surface area contributed by atoms with Gasteiger partial charge in [-0.2, -0.15) is 0 Å². The summed E-state index contributed by atoms with van der Waals surface area (Å²) in [5, 5.41) is 0. The monoisotopic (exact) mass is 448 g/mol. The summed E-state index contributed by atoms with van der Waals surface area (Å²) in [6.07, 6.45) is 0.355. The number of alkyl halides is 1. The molecule has 9 heteroatoms. The number of carbonyl (C=O) groups is 3. The fourth-order valence-corrected chi connectivity index (χ4v) is 4.21. The number of ketones is 1. The van der Waals surface area contributed by atoms with Gasteiger partial charge in [0.1, 0.15) is 11.6 Å². The largest absolute Gasteiger partial charge is 0.545 e. The quantitative estimate of drug-likeness (QED) is 0.435. The third-order valence-electron chi connectivity index (χ3n) is 4.70. The van der Waals surface area contributed by atoms with Crippen LogP contribution in [-0.4, -0.2) is 45.4 Å². The van der Waals surface area contributed by atoms with Crippen molar-refractivity contribution < 1.29 is 37.1 Å². The Morgan fingerprint density at radius 1 is 1.00 bits per heavy atom. The van der Waals surface area contributed by atoms with E-state index in [1.807, 2.05) is 19.6 Å². The predicted molar refractivity (Wildman–Crippen MR) is 110 cm³/mol. The second-order valence-electron chi connectivity index (χ2n) is 8.39. The van der Waals surface area contributed by atoms with Crippen LogP contribution in [0.15, 0.2) is 11.6 Å². The SMILES string of the molecule is CCOC(=O)C1CCC(=O)C(F)C1.CCOC(=O)C1CCC(O[Si](C)(C)C)=C(F)C1. The average Bonchev–Trinajstić information content (AvgIpc) is 2.65. The summed E-state index contributed by atoms with van der Waals surface area (Å²) in [6.45, 7) is 10.2. The zero-order chi connectivity index (χ0) is 22.9. The summed E-state index contributed by atoms with van der Waals surface area (Å²) in [6, 6.07) is 0. The molecule has 0 bridgehead atoms. The predicted octanol–water partition coefficient (Wildman–Crippen LogP) is 4.64. The van der Waals surface area contributed by atoms with Gasteiger partial charge < -0.3 is 13.9 Å². The molecule has 0 heterocycles. The number of hydrogen-bond acceptors (Lipinski definition) is 6. The van der Waals surface area contributed by atoms with Crippen LogP contribution in [0, 0.1) is 11.8 Å². The first-order valence-electron chi connectivity index (χ1n) is 10.5. The molecule has 0 aromatic carbocycles. The van der Waals surface area contributed by atoms with E-state index >= 15 is 0 Å². The second kappa shape index (κ2) is 12.2. The molecule has 0 radical (unpaired) electrons. The molecule has 2 aliphatic rings. The van der Waals surface area contributed by atoms with Gasteiger partial charge in [-0.25, -0.2) is 8.78 Å². The molecule has 3 unspecified atom stereocenters. The minimum absolute atomic E-state index is 0.00231. The van der Waals surface area contributed by atoms with Crippen LogP contribution in [0.4, 0.5) is 8.78 Å². The van der Waals surface area contributed by atoms with E-state index in [-0.39, 0.29) is 48.7 Å². The number of halogens is 2. The van der Waals surface area contributed by atoms with Crippen molar-refractivity contribution in [1.29, 1.82) is 0 Å². The zero-order valence-corrected chi connectivity index (χ0v) is 19.6. The van der Waals surface area contributed by atoms with E-state index in [1.165, 1.54) is 0 Å². The minimum atomic E-state index is -1.76. The molecule has 0 aromatic rings. The Balaban J connectivity index is 0.000000311. The molecule has 1 fully saturated rings. The molecule has 30 heavy (non-hydrogen) atoms. The lowest BCUT2D eigenvalue weighted by Crippen LogP contribution is -2.31. The molecule has 0 aromatic heterocycles. The maximum Gasteiger partial charge on any atom is 0.309 e. The Bertz CT molecular complexity index is 644. The Hall–Kier alpha value is -1.77. The van der Waals surface area contributed by atoms with Gasteiger partial charge in [0.05, 0.1) is 25.0 Å². The van der Waals surface area contributed by atoms with Crippen LogP contribution in [0.3, 0.4) is 0 Å². The van der Waals surface area contributed by atoms with Gasteiger partial charge in [0, 0.05) is 19.3 Å². The van der Waals surface area contributed by atoms with Crippen LogP contribution >= 0.6 is 0 Å². The van der Waals surface area contributed by atoms with E-state index in [4.69, 9.17) is 13.9 Å². The molecule has 3 atom stereocenters. The van der Waals surface area contributed by atoms with Crippen molar-refractivity contribution in [2.45, 2.75) is 78.2 Å². The number of carbonyl (C=O) groups excluding carboxylic acids is 3. The molecule has 6 nitrogen and oxygen atoms in total. The molecular weight excluding hydrogens is 414 g/mol. The van der Waals surface area contributed by atoms with E-state index in [1.54, 1.807) is 13.8 Å². The molecule has 0 aliphatic heterocycles. The third-order valence-corrected chi connectivity index (χ3v) is 5.56. The minimum Gasteiger partial charge on any atom is -0.545 e. The highest BCUT2D eigenvalue weighted by atomic mass is 28.4. The van der Waals surface area contributed by atoms with Gasteiger partial charge >= 0.3 is 11.9 Å². The van der Waals surface area contributed by atoms with Crippen LogP contribution in [0.5, 0.6) is 0 Å². The standard InChI is InChI=1S/C12H21FO3Si.C9H13FO3/c1-5-15-12(14)9-6-7-11(10(13)8-9)16-17(2,3)4;1-2-13-9(12)6-3-4-8(11)7(10)5-6/h9H,5-8H2,1-4H3;6-7H,2-5H2,1H3. The van der Waals surface area contributed by atoms with Crippen molar-refractivity contribution in [1.82, 2.24) is 0 Å². The van der Waals surface area contributed by atoms with Crippen molar-refractivity contribution in [3.63, 3.8) is 0 Å². The fraction of sp³-hybridized carbons (Fsp3) is 0.762. The van der Waals surface area contributed by atoms with Crippen LogP contribution in [-0.2, 0) is 28.3 Å². The number of allylic oxidation sites excluding steroid dienone is 2. The molecule has 0 amide bonds. The first kappa shape index (κ1) is 26.3. The highest BCUT2D eigenvalue weighted by Crippen LogP contribution is 2.33. The summed E-state index contributed by atoms with van der Waals surface area (Å²) < 4.78 is 42.0. The summed E-state index contributed by atoms with van der Waals surface area (Å²) in [5.41, 5.74) is 0. The fourth-order valence-electron chi connectivity index (χ4n) is 3.26. The lowest BCUT2D eigenvalue weighted by molar-refractivity contribution is -0.151. The summed E-state index contributed by atoms with van der Waals surface area (Å²) in [5.74, 6) is -1.66. The molecule has 2 aliphatic carbocycles. The third kappa shape index (κ3) is 8.93. The summed E-state index contributed by atoms with van der Waals surface area (Å²) >= 11 is 0. The summed E-state index contributed by atoms with van der Waals surface area (Å²) in [4.78, 5) is 33.4. The molecular formula is C21H34F2O6Si. The molecule has 0 N–H and O–H groups in total. The Labute approximate surface area is 178 Å². The van der Waals surface area contributed by atoms with Gasteiger partial charge in [0.15, 0.2) is 12.0 Å². The number of ether oxygens (including phenoxy) is 2. The van der Waals surface area contributed by atoms with E-state index in [9.17, 15) is 23.2 Å². The van der Waals surface area contributed by atoms with Crippen LogP contribution in [0.2, 0.25) is 19.6 Å². The van der Waals surface area contributed by atoms with Crippen molar-refractivity contribution in [3.05, 3.63) is 11.6 Å². The molecule has 0 spiro atoms. The first-order chi connectivity index (χ1) is 14.0. The number of Topliss-reactive ketones (excluding diaryl/α,β-unsaturated/α-hetero) is 1. The topological polar surface area (TPSA) is 78.9 Å². The van der Waals surface area contributed by atoms with E-state index in [2.05, 4.69) is 0 Å². The maximum absolute atomic E-state index is 13.8. The van der Waals surface area contributed by atoms with Crippen LogP contribution < -0.4 is 0 Å². The van der Waals surface area contributed by atoms with Crippen molar-refractivity contribution in [2.75, 3.05) is 13.2 Å². The molecule has 2 rings (SSSR count). The zero-order valence-electron chi connectivity index (χ0n) is 18.6. The number of rotatable bonds is 6. The van der Waals surface area contributed by atoms with Crippen LogP contribution in [0.25, 0.3) is 0 Å².